The molecule has 0 saturated carbocycles. The Bertz CT molecular complexity index is 1240. The first kappa shape index (κ1) is 22.4. The summed E-state index contributed by atoms with van der Waals surface area (Å²) in [6.07, 6.45) is 0. The van der Waals surface area contributed by atoms with Crippen molar-refractivity contribution < 1.29 is 14.1 Å². The van der Waals surface area contributed by atoms with E-state index in [0.717, 1.165) is 16.0 Å². The Hall–Kier alpha value is -3.84. The largest absolute Gasteiger partial charge is 0.360 e. The Morgan fingerprint density at radius 3 is 2.21 bits per heavy atom. The lowest BCUT2D eigenvalue weighted by molar-refractivity contribution is -0.115. The predicted molar refractivity (Wildman–Crippen MR) is 130 cm³/mol. The molecule has 4 rings (SSSR count). The van der Waals surface area contributed by atoms with Crippen molar-refractivity contribution >= 4 is 35.1 Å². The number of aromatic nitrogens is 1. The van der Waals surface area contributed by atoms with Gasteiger partial charge in [-0.15, -0.1) is 11.8 Å². The fourth-order valence-electron chi connectivity index (χ4n) is 3.18. The van der Waals surface area contributed by atoms with Crippen LogP contribution in [0.3, 0.4) is 0 Å². The van der Waals surface area contributed by atoms with Crippen LogP contribution in [0, 0.1) is 13.8 Å². The lowest BCUT2D eigenvalue weighted by Crippen LogP contribution is -2.19. The van der Waals surface area contributed by atoms with Crippen LogP contribution in [0.4, 0.5) is 11.5 Å². The first-order valence-electron chi connectivity index (χ1n) is 10.4. The topological polar surface area (TPSA) is 84.2 Å². The minimum Gasteiger partial charge on any atom is -0.360 e. The summed E-state index contributed by atoms with van der Waals surface area (Å²) >= 11 is 1.42. The molecule has 2 N–H and O–H groups in total. The Morgan fingerprint density at radius 1 is 0.879 bits per heavy atom. The van der Waals surface area contributed by atoms with Crippen LogP contribution >= 0.6 is 11.8 Å². The molecule has 0 saturated heterocycles. The molecule has 0 spiro atoms. The highest BCUT2D eigenvalue weighted by Crippen LogP contribution is 2.36. The molecular weight excluding hydrogens is 434 g/mol. The molecule has 1 atom stereocenters. The van der Waals surface area contributed by atoms with Crippen LogP contribution in [-0.2, 0) is 4.79 Å². The van der Waals surface area contributed by atoms with Crippen molar-refractivity contribution in [1.82, 2.24) is 5.16 Å². The first-order chi connectivity index (χ1) is 16.0. The van der Waals surface area contributed by atoms with E-state index >= 15 is 0 Å². The van der Waals surface area contributed by atoms with Gasteiger partial charge in [0.15, 0.2) is 5.82 Å². The third-order valence-electron chi connectivity index (χ3n) is 4.90. The molecule has 6 nitrogen and oxygen atoms in total. The number of carbonyl (C=O) groups is 2. The highest BCUT2D eigenvalue weighted by Gasteiger charge is 2.23. The molecule has 0 aliphatic carbocycles. The number of hydrogen-bond donors (Lipinski definition) is 2. The molecule has 1 unspecified atom stereocenters. The predicted octanol–water partition coefficient (Wildman–Crippen LogP) is 6.02. The van der Waals surface area contributed by atoms with Gasteiger partial charge in [0.05, 0.1) is 0 Å². The Labute approximate surface area is 196 Å². The number of thioether (sulfide) groups is 1. The molecule has 1 heterocycles. The van der Waals surface area contributed by atoms with Gasteiger partial charge in [0.25, 0.3) is 5.91 Å². The van der Waals surface area contributed by atoms with E-state index in [0.29, 0.717) is 22.8 Å². The number of nitrogens with one attached hydrogen (secondary N) is 2. The van der Waals surface area contributed by atoms with Crippen LogP contribution in [0.15, 0.2) is 94.3 Å². The summed E-state index contributed by atoms with van der Waals surface area (Å²) in [6.45, 7) is 3.75. The van der Waals surface area contributed by atoms with Crippen LogP contribution in [0.1, 0.15) is 32.5 Å². The van der Waals surface area contributed by atoms with Crippen molar-refractivity contribution in [3.63, 3.8) is 0 Å². The molecule has 1 aromatic heterocycles. The molecule has 2 amide bonds. The molecule has 4 aromatic rings. The highest BCUT2D eigenvalue weighted by molar-refractivity contribution is 8.00. The van der Waals surface area contributed by atoms with E-state index in [2.05, 4.69) is 15.8 Å². The summed E-state index contributed by atoms with van der Waals surface area (Å²) in [5.74, 6) is 0.641. The van der Waals surface area contributed by atoms with E-state index in [9.17, 15) is 9.59 Å². The lowest BCUT2D eigenvalue weighted by atomic mass is 10.1. The molecule has 0 aliphatic rings. The third kappa shape index (κ3) is 5.90. The first-order valence-corrected chi connectivity index (χ1v) is 11.3. The monoisotopic (exact) mass is 457 g/mol. The summed E-state index contributed by atoms with van der Waals surface area (Å²) in [6, 6.07) is 26.1. The van der Waals surface area contributed by atoms with Crippen molar-refractivity contribution in [1.29, 1.82) is 0 Å². The summed E-state index contributed by atoms with van der Waals surface area (Å²) in [4.78, 5) is 26.4. The maximum absolute atomic E-state index is 13.0. The highest BCUT2D eigenvalue weighted by atomic mass is 32.2. The molecule has 7 heteroatoms. The van der Waals surface area contributed by atoms with Crippen LogP contribution in [0.5, 0.6) is 0 Å². The number of aryl methyl sites for hydroxylation is 2. The smallest absolute Gasteiger partial charge is 0.255 e. The summed E-state index contributed by atoms with van der Waals surface area (Å²) in [5.41, 5.74) is 3.26. The summed E-state index contributed by atoms with van der Waals surface area (Å²) < 4.78 is 5.05. The van der Waals surface area contributed by atoms with Crippen molar-refractivity contribution in [2.45, 2.75) is 24.0 Å². The van der Waals surface area contributed by atoms with E-state index < -0.39 is 5.25 Å². The second kappa shape index (κ2) is 10.2. The SMILES string of the molecule is Cc1ccc(C(=O)Nc2ccc(SC(C(=O)Nc3cc(C)on3)c3ccccc3)cc2)cc1. The van der Waals surface area contributed by atoms with Crippen LogP contribution in [0.25, 0.3) is 0 Å². The van der Waals surface area contributed by atoms with Crippen molar-refractivity contribution in [2.75, 3.05) is 10.6 Å². The second-order valence-electron chi connectivity index (χ2n) is 7.57. The molecule has 3 aromatic carbocycles. The summed E-state index contributed by atoms with van der Waals surface area (Å²) in [7, 11) is 0. The molecule has 166 valence electrons. The van der Waals surface area contributed by atoms with Crippen molar-refractivity contribution in [3.8, 4) is 0 Å². The van der Waals surface area contributed by atoms with Gasteiger partial charge < -0.3 is 15.2 Å². The van der Waals surface area contributed by atoms with Gasteiger partial charge >= 0.3 is 0 Å². The average Bonchev–Trinajstić information content (AvgIpc) is 3.23. The van der Waals surface area contributed by atoms with E-state index in [1.165, 1.54) is 11.8 Å². The number of hydrogen-bond acceptors (Lipinski definition) is 5. The van der Waals surface area contributed by atoms with Gasteiger partial charge in [0, 0.05) is 22.2 Å². The van der Waals surface area contributed by atoms with Gasteiger partial charge in [-0.2, -0.15) is 0 Å². The van der Waals surface area contributed by atoms with Crippen molar-refractivity contribution in [2.24, 2.45) is 0 Å². The van der Waals surface area contributed by atoms with E-state index in [1.807, 2.05) is 73.7 Å². The fourth-order valence-corrected chi connectivity index (χ4v) is 4.20. The number of anilines is 2. The standard InChI is InChI=1S/C26H23N3O3S/c1-17-8-10-20(11-9-17)25(30)27-21-12-14-22(15-13-21)33-24(19-6-4-3-5-7-19)26(31)28-23-16-18(2)32-29-23/h3-16,24H,1-2H3,(H,27,30)(H,28,29,31). The van der Waals surface area contributed by atoms with Gasteiger partial charge in [-0.3, -0.25) is 9.59 Å². The zero-order chi connectivity index (χ0) is 23.2. The molecule has 0 aliphatic heterocycles. The van der Waals surface area contributed by atoms with Gasteiger partial charge in [-0.1, -0.05) is 53.2 Å². The number of benzene rings is 3. The van der Waals surface area contributed by atoms with Crippen LogP contribution in [0.2, 0.25) is 0 Å². The number of nitrogens with zero attached hydrogens (tertiary/aromatic N) is 1. The minimum atomic E-state index is -0.490. The quantitative estimate of drug-likeness (QED) is 0.332. The lowest BCUT2D eigenvalue weighted by Gasteiger charge is -2.16. The average molecular weight is 458 g/mol. The van der Waals surface area contributed by atoms with Gasteiger partial charge in [-0.25, -0.2) is 0 Å². The third-order valence-corrected chi connectivity index (χ3v) is 6.17. The number of rotatable bonds is 7. The van der Waals surface area contributed by atoms with Crippen molar-refractivity contribution in [3.05, 3.63) is 107 Å². The van der Waals surface area contributed by atoms with E-state index in [-0.39, 0.29) is 11.8 Å². The molecule has 0 bridgehead atoms. The second-order valence-corrected chi connectivity index (χ2v) is 8.74. The Kier molecular flexibility index (Phi) is 6.90. The minimum absolute atomic E-state index is 0.167. The zero-order valence-corrected chi connectivity index (χ0v) is 19.1. The van der Waals surface area contributed by atoms with Gasteiger partial charge in [0.1, 0.15) is 11.0 Å². The summed E-state index contributed by atoms with van der Waals surface area (Å²) in [5, 5.41) is 9.08. The molecule has 0 radical (unpaired) electrons. The van der Waals surface area contributed by atoms with Crippen LogP contribution in [-0.4, -0.2) is 17.0 Å². The Morgan fingerprint density at radius 2 is 1.58 bits per heavy atom. The number of carbonyl (C=O) groups excluding carboxylic acids is 2. The maximum atomic E-state index is 13.0. The number of amides is 2. The molecule has 33 heavy (non-hydrogen) atoms. The fraction of sp³-hybridized carbons (Fsp3) is 0.115. The normalized spacial score (nSPS) is 11.6. The van der Waals surface area contributed by atoms with Gasteiger partial charge in [0.2, 0.25) is 5.91 Å². The van der Waals surface area contributed by atoms with Gasteiger partial charge in [-0.05, 0) is 55.8 Å². The van der Waals surface area contributed by atoms with E-state index in [1.54, 1.807) is 25.1 Å². The zero-order valence-electron chi connectivity index (χ0n) is 18.2. The molecular formula is C26H23N3O3S. The van der Waals surface area contributed by atoms with E-state index in [4.69, 9.17) is 4.52 Å². The maximum Gasteiger partial charge on any atom is 0.255 e. The molecule has 0 fully saturated rings. The van der Waals surface area contributed by atoms with Crippen LogP contribution < -0.4 is 10.6 Å². The Balaban J connectivity index is 1.47.